The van der Waals surface area contributed by atoms with Crippen LogP contribution >= 0.6 is 0 Å². The molecule has 1 saturated heterocycles. The van der Waals surface area contributed by atoms with Crippen molar-refractivity contribution in [2.75, 3.05) is 19.7 Å². The number of likely N-dealkylation sites (tertiary alicyclic amines) is 1. The number of nitriles is 1. The molecule has 0 radical (unpaired) electrons. The minimum absolute atomic E-state index is 0.0178. The minimum Gasteiger partial charge on any atom is -0.465 e. The third-order valence-electron chi connectivity index (χ3n) is 4.93. The first kappa shape index (κ1) is 22.6. The van der Waals surface area contributed by atoms with Crippen molar-refractivity contribution in [3.63, 3.8) is 0 Å². The van der Waals surface area contributed by atoms with Crippen LogP contribution < -0.4 is 0 Å². The molecule has 1 amide bonds. The number of ether oxygens (including phenoxy) is 2. The minimum atomic E-state index is -1.76. The zero-order valence-corrected chi connectivity index (χ0v) is 17.1. The molecule has 1 aromatic carbocycles. The summed E-state index contributed by atoms with van der Waals surface area (Å²) in [5, 5.41) is 9.71. The number of hydrogen-bond donors (Lipinski definition) is 0. The normalized spacial score (nSPS) is 23.1. The van der Waals surface area contributed by atoms with E-state index < -0.39 is 41.0 Å². The molecule has 3 atom stereocenters. The summed E-state index contributed by atoms with van der Waals surface area (Å²) in [5.74, 6) is -2.80. The number of piperidine rings is 1. The molecule has 6 nitrogen and oxygen atoms in total. The predicted molar refractivity (Wildman–Crippen MR) is 101 cm³/mol. The van der Waals surface area contributed by atoms with Gasteiger partial charge in [-0.25, -0.2) is 13.6 Å². The van der Waals surface area contributed by atoms with E-state index in [0.29, 0.717) is 5.56 Å². The lowest BCUT2D eigenvalue weighted by Gasteiger charge is -2.46. The summed E-state index contributed by atoms with van der Waals surface area (Å²) in [5.41, 5.74) is -1.99. The number of nitrogens with zero attached hydrogens (tertiary/aromatic N) is 2. The molecule has 2 rings (SSSR count). The number of alkyl halides is 1. The quantitative estimate of drug-likeness (QED) is 0.709. The molecule has 1 aliphatic heterocycles. The van der Waals surface area contributed by atoms with Crippen LogP contribution in [0.15, 0.2) is 24.3 Å². The van der Waals surface area contributed by atoms with Crippen LogP contribution in [0.3, 0.4) is 0 Å². The molecule has 0 spiro atoms. The van der Waals surface area contributed by atoms with E-state index in [4.69, 9.17) is 9.47 Å². The third-order valence-corrected chi connectivity index (χ3v) is 4.93. The Hall–Kier alpha value is -2.69. The second kappa shape index (κ2) is 8.76. The van der Waals surface area contributed by atoms with Gasteiger partial charge in [0.15, 0.2) is 5.92 Å². The first-order valence-corrected chi connectivity index (χ1v) is 9.49. The number of carbonyl (C=O) groups is 2. The second-order valence-electron chi connectivity index (χ2n) is 8.01. The van der Waals surface area contributed by atoms with Crippen LogP contribution in [-0.2, 0) is 19.7 Å². The highest BCUT2D eigenvalue weighted by Crippen LogP contribution is 2.44. The maximum absolute atomic E-state index is 15.7. The molecule has 1 aromatic rings. The Morgan fingerprint density at radius 3 is 2.45 bits per heavy atom. The lowest BCUT2D eigenvalue weighted by molar-refractivity contribution is -0.150. The van der Waals surface area contributed by atoms with E-state index in [1.165, 1.54) is 17.0 Å². The molecular formula is C21H26F2N2O4. The summed E-state index contributed by atoms with van der Waals surface area (Å²) in [7, 11) is 0. The van der Waals surface area contributed by atoms with Crippen molar-refractivity contribution in [1.82, 2.24) is 4.90 Å². The smallest absolute Gasteiger partial charge is 0.410 e. The molecule has 29 heavy (non-hydrogen) atoms. The van der Waals surface area contributed by atoms with Gasteiger partial charge in [0, 0.05) is 6.54 Å². The van der Waals surface area contributed by atoms with Crippen LogP contribution in [0.5, 0.6) is 0 Å². The highest BCUT2D eigenvalue weighted by atomic mass is 19.1. The average Bonchev–Trinajstić information content (AvgIpc) is 2.63. The van der Waals surface area contributed by atoms with E-state index >= 15 is 4.39 Å². The second-order valence-corrected chi connectivity index (χ2v) is 8.01. The summed E-state index contributed by atoms with van der Waals surface area (Å²) < 4.78 is 39.4. The molecule has 3 unspecified atom stereocenters. The number of benzene rings is 1. The van der Waals surface area contributed by atoms with E-state index in [9.17, 15) is 19.2 Å². The number of amides is 1. The number of carbonyl (C=O) groups excluding carboxylic acids is 2. The Balaban J connectivity index is 2.42. The van der Waals surface area contributed by atoms with E-state index in [0.717, 1.165) is 12.1 Å². The first-order valence-electron chi connectivity index (χ1n) is 9.49. The number of rotatable bonds is 4. The van der Waals surface area contributed by atoms with Gasteiger partial charge in [0.2, 0.25) is 0 Å². The van der Waals surface area contributed by atoms with Gasteiger partial charge in [-0.3, -0.25) is 4.79 Å². The van der Waals surface area contributed by atoms with Crippen molar-refractivity contribution in [3.05, 3.63) is 35.6 Å². The average molecular weight is 408 g/mol. The molecule has 1 fully saturated rings. The van der Waals surface area contributed by atoms with Gasteiger partial charge < -0.3 is 14.4 Å². The van der Waals surface area contributed by atoms with Gasteiger partial charge in [0.05, 0.1) is 24.6 Å². The van der Waals surface area contributed by atoms with Gasteiger partial charge in [-0.1, -0.05) is 12.1 Å². The molecule has 8 heteroatoms. The molecule has 0 aromatic heterocycles. The van der Waals surface area contributed by atoms with Crippen molar-refractivity contribution < 1.29 is 27.8 Å². The molecular weight excluding hydrogens is 382 g/mol. The highest BCUT2D eigenvalue weighted by molar-refractivity contribution is 5.78. The summed E-state index contributed by atoms with van der Waals surface area (Å²) >= 11 is 0. The molecule has 0 saturated carbocycles. The lowest BCUT2D eigenvalue weighted by Crippen LogP contribution is -2.58. The fourth-order valence-corrected chi connectivity index (χ4v) is 3.60. The fourth-order valence-electron chi connectivity index (χ4n) is 3.60. The van der Waals surface area contributed by atoms with Crippen molar-refractivity contribution >= 4 is 12.1 Å². The molecule has 158 valence electrons. The Labute approximate surface area is 169 Å². The van der Waals surface area contributed by atoms with E-state index in [1.54, 1.807) is 27.7 Å². The van der Waals surface area contributed by atoms with E-state index in [-0.39, 0.29) is 26.1 Å². The topological polar surface area (TPSA) is 79.6 Å². The molecule has 0 aliphatic carbocycles. The highest BCUT2D eigenvalue weighted by Gasteiger charge is 2.55. The van der Waals surface area contributed by atoms with Gasteiger partial charge >= 0.3 is 12.1 Å². The van der Waals surface area contributed by atoms with E-state index in [2.05, 4.69) is 0 Å². The van der Waals surface area contributed by atoms with Crippen LogP contribution in [0.2, 0.25) is 0 Å². The van der Waals surface area contributed by atoms with Crippen LogP contribution in [0.25, 0.3) is 0 Å². The van der Waals surface area contributed by atoms with Crippen molar-refractivity contribution in [2.24, 2.45) is 5.92 Å². The van der Waals surface area contributed by atoms with Crippen LogP contribution in [0, 0.1) is 23.1 Å². The molecule has 0 bridgehead atoms. The number of hydrogen-bond acceptors (Lipinski definition) is 5. The summed E-state index contributed by atoms with van der Waals surface area (Å²) in [6, 6.07) is 6.93. The SMILES string of the molecule is CCOC(=O)C(C#N)C1(c2ccc(F)cc2)CCN(C(=O)OC(C)(C)C)CC1F. The van der Waals surface area contributed by atoms with Crippen LogP contribution in [-0.4, -0.2) is 48.4 Å². The summed E-state index contributed by atoms with van der Waals surface area (Å²) in [4.78, 5) is 26.1. The largest absolute Gasteiger partial charge is 0.465 e. The number of halogens is 2. The van der Waals surface area contributed by atoms with Gasteiger partial charge in [-0.15, -0.1) is 0 Å². The molecule has 0 N–H and O–H groups in total. The van der Waals surface area contributed by atoms with Crippen molar-refractivity contribution in [3.8, 4) is 6.07 Å². The Morgan fingerprint density at radius 1 is 1.34 bits per heavy atom. The lowest BCUT2D eigenvalue weighted by atomic mass is 9.63. The maximum atomic E-state index is 15.7. The first-order chi connectivity index (χ1) is 13.5. The summed E-state index contributed by atoms with van der Waals surface area (Å²) in [6.07, 6.45) is -2.45. The van der Waals surface area contributed by atoms with Gasteiger partial charge in [0.1, 0.15) is 17.6 Å². The van der Waals surface area contributed by atoms with Crippen LogP contribution in [0.4, 0.5) is 13.6 Å². The molecule has 1 aliphatic rings. The number of esters is 1. The molecule has 1 heterocycles. The predicted octanol–water partition coefficient (Wildman–Crippen LogP) is 3.75. The van der Waals surface area contributed by atoms with Gasteiger partial charge in [-0.2, -0.15) is 5.26 Å². The Morgan fingerprint density at radius 2 is 1.97 bits per heavy atom. The third kappa shape index (κ3) is 4.84. The summed E-state index contributed by atoms with van der Waals surface area (Å²) in [6.45, 7) is 6.46. The monoisotopic (exact) mass is 408 g/mol. The van der Waals surface area contributed by atoms with Gasteiger partial charge in [0.25, 0.3) is 0 Å². The van der Waals surface area contributed by atoms with E-state index in [1.807, 2.05) is 6.07 Å². The van der Waals surface area contributed by atoms with Gasteiger partial charge in [-0.05, 0) is 51.8 Å². The Kier molecular flexibility index (Phi) is 6.83. The standard InChI is InChI=1S/C21H26F2N2O4/c1-5-28-18(26)16(12-24)21(14-6-8-15(22)9-7-14)10-11-25(13-17(21)23)19(27)29-20(2,3)4/h6-9,16-17H,5,10-11,13H2,1-4H3. The zero-order chi connectivity index (χ0) is 21.8. The zero-order valence-electron chi connectivity index (χ0n) is 17.1. The van der Waals surface area contributed by atoms with Crippen molar-refractivity contribution in [1.29, 1.82) is 5.26 Å². The Bertz CT molecular complexity index is 785. The van der Waals surface area contributed by atoms with Crippen LogP contribution in [0.1, 0.15) is 39.7 Å². The fraction of sp³-hybridized carbons (Fsp3) is 0.571. The van der Waals surface area contributed by atoms with Crippen molar-refractivity contribution in [2.45, 2.75) is 51.3 Å². The maximum Gasteiger partial charge on any atom is 0.410 e.